The lowest BCUT2D eigenvalue weighted by Gasteiger charge is -2.22. The average Bonchev–Trinajstić information content (AvgIpc) is 2.47. The molecule has 1 heterocycles. The van der Waals surface area contributed by atoms with Crippen LogP contribution in [0.2, 0.25) is 0 Å². The molecule has 0 bridgehead atoms. The molecule has 19 heavy (non-hydrogen) atoms. The van der Waals surface area contributed by atoms with Crippen LogP contribution >= 0.6 is 0 Å². The lowest BCUT2D eigenvalue weighted by Crippen LogP contribution is -2.35. The number of sulfone groups is 1. The Bertz CT molecular complexity index is 688. The first kappa shape index (κ1) is 12.6. The maximum absolute atomic E-state index is 12.6. The normalized spacial score (nSPS) is 17.7. The number of hydrogen-bond donors (Lipinski definition) is 1. The third kappa shape index (κ3) is 2.38. The molecule has 1 aliphatic heterocycles. The molecule has 0 atom stereocenters. The minimum atomic E-state index is -3.19. The molecule has 0 radical (unpaired) electrons. The van der Waals surface area contributed by atoms with Gasteiger partial charge in [-0.1, -0.05) is 30.3 Å². The summed E-state index contributed by atoms with van der Waals surface area (Å²) in [5.41, 5.74) is 0. The van der Waals surface area contributed by atoms with Crippen molar-refractivity contribution in [3.05, 3.63) is 42.5 Å². The van der Waals surface area contributed by atoms with E-state index >= 15 is 0 Å². The van der Waals surface area contributed by atoms with Crippen molar-refractivity contribution in [3.8, 4) is 0 Å². The van der Waals surface area contributed by atoms with Crippen molar-refractivity contribution in [2.24, 2.45) is 0 Å². The Labute approximate surface area is 113 Å². The minimum Gasteiger partial charge on any atom is -0.317 e. The van der Waals surface area contributed by atoms with Crippen LogP contribution in [-0.4, -0.2) is 26.8 Å². The molecular formula is C15H17NO2S. The molecule has 3 nitrogen and oxygen atoms in total. The van der Waals surface area contributed by atoms with Gasteiger partial charge in [-0.2, -0.15) is 0 Å². The number of benzene rings is 2. The van der Waals surface area contributed by atoms with Crippen LogP contribution in [0, 0.1) is 0 Å². The summed E-state index contributed by atoms with van der Waals surface area (Å²) in [5.74, 6) is 0. The van der Waals surface area contributed by atoms with Gasteiger partial charge in [-0.15, -0.1) is 0 Å². The molecule has 0 saturated carbocycles. The van der Waals surface area contributed by atoms with Crippen molar-refractivity contribution in [3.63, 3.8) is 0 Å². The van der Waals surface area contributed by atoms with Crippen LogP contribution in [0.15, 0.2) is 47.4 Å². The number of nitrogens with one attached hydrogen (secondary N) is 1. The van der Waals surface area contributed by atoms with Gasteiger partial charge in [-0.3, -0.25) is 0 Å². The average molecular weight is 275 g/mol. The molecule has 1 saturated heterocycles. The molecule has 2 aromatic rings. The third-order valence-electron chi connectivity index (χ3n) is 3.77. The van der Waals surface area contributed by atoms with E-state index in [9.17, 15) is 8.42 Å². The van der Waals surface area contributed by atoms with Gasteiger partial charge < -0.3 is 5.32 Å². The second-order valence-electron chi connectivity index (χ2n) is 5.00. The Hall–Kier alpha value is -1.39. The highest BCUT2D eigenvalue weighted by Crippen LogP contribution is 2.25. The van der Waals surface area contributed by atoms with E-state index < -0.39 is 9.84 Å². The first-order chi connectivity index (χ1) is 9.18. The van der Waals surface area contributed by atoms with Crippen molar-refractivity contribution in [1.29, 1.82) is 0 Å². The molecule has 1 N–H and O–H groups in total. The van der Waals surface area contributed by atoms with Gasteiger partial charge in [0.15, 0.2) is 9.84 Å². The first-order valence-electron chi connectivity index (χ1n) is 6.61. The highest BCUT2D eigenvalue weighted by Gasteiger charge is 2.28. The van der Waals surface area contributed by atoms with E-state index in [1.54, 1.807) is 12.1 Å². The van der Waals surface area contributed by atoms with Gasteiger partial charge in [0.25, 0.3) is 0 Å². The largest absolute Gasteiger partial charge is 0.317 e. The maximum Gasteiger partial charge on any atom is 0.181 e. The van der Waals surface area contributed by atoms with Crippen molar-refractivity contribution in [2.45, 2.75) is 23.0 Å². The Morgan fingerprint density at radius 1 is 0.947 bits per heavy atom. The molecule has 4 heteroatoms. The number of fused-ring (bicyclic) bond motifs is 1. The second kappa shape index (κ2) is 4.94. The summed E-state index contributed by atoms with van der Waals surface area (Å²) in [4.78, 5) is 0.457. The van der Waals surface area contributed by atoms with Gasteiger partial charge in [0.2, 0.25) is 0 Å². The minimum absolute atomic E-state index is 0.241. The van der Waals surface area contributed by atoms with E-state index in [1.165, 1.54) is 0 Å². The Morgan fingerprint density at radius 3 is 2.37 bits per heavy atom. The fraction of sp³-hybridized carbons (Fsp3) is 0.333. The molecular weight excluding hydrogens is 258 g/mol. The summed E-state index contributed by atoms with van der Waals surface area (Å²) in [6, 6.07) is 13.3. The van der Waals surface area contributed by atoms with Gasteiger partial charge in [0.05, 0.1) is 10.1 Å². The number of hydrogen-bond acceptors (Lipinski definition) is 3. The predicted molar refractivity (Wildman–Crippen MR) is 77.0 cm³/mol. The highest BCUT2D eigenvalue weighted by molar-refractivity contribution is 7.92. The van der Waals surface area contributed by atoms with Crippen molar-refractivity contribution >= 4 is 20.6 Å². The van der Waals surface area contributed by atoms with Crippen LogP contribution in [0.1, 0.15) is 12.8 Å². The zero-order valence-electron chi connectivity index (χ0n) is 10.7. The topological polar surface area (TPSA) is 46.2 Å². The van der Waals surface area contributed by atoms with Crippen LogP contribution in [0.3, 0.4) is 0 Å². The quantitative estimate of drug-likeness (QED) is 0.915. The van der Waals surface area contributed by atoms with E-state index in [1.807, 2.05) is 30.3 Å². The van der Waals surface area contributed by atoms with Gasteiger partial charge in [0.1, 0.15) is 0 Å². The zero-order chi connectivity index (χ0) is 13.3. The Kier molecular flexibility index (Phi) is 3.29. The molecule has 1 fully saturated rings. The number of piperidine rings is 1. The zero-order valence-corrected chi connectivity index (χ0v) is 11.5. The molecule has 2 aromatic carbocycles. The fourth-order valence-corrected chi connectivity index (χ4v) is 4.43. The van der Waals surface area contributed by atoms with Gasteiger partial charge in [-0.25, -0.2) is 8.42 Å². The molecule has 0 spiro atoms. The molecule has 100 valence electrons. The molecule has 0 unspecified atom stereocenters. The number of rotatable bonds is 2. The molecule has 0 aliphatic carbocycles. The summed E-state index contributed by atoms with van der Waals surface area (Å²) in [6.07, 6.45) is 1.41. The molecule has 0 aromatic heterocycles. The molecule has 3 rings (SSSR count). The SMILES string of the molecule is O=S(=O)(c1ccc2ccccc2c1)C1CCNCC1. The maximum atomic E-state index is 12.6. The van der Waals surface area contributed by atoms with E-state index in [0.717, 1.165) is 23.9 Å². The Morgan fingerprint density at radius 2 is 1.63 bits per heavy atom. The monoisotopic (exact) mass is 275 g/mol. The van der Waals surface area contributed by atoms with E-state index in [-0.39, 0.29) is 5.25 Å². The summed E-state index contributed by atoms with van der Waals surface area (Å²) in [7, 11) is -3.19. The van der Waals surface area contributed by atoms with Crippen molar-refractivity contribution in [2.75, 3.05) is 13.1 Å². The Balaban J connectivity index is 2.02. The lowest BCUT2D eigenvalue weighted by atomic mass is 10.1. The van der Waals surface area contributed by atoms with Crippen LogP contribution in [0.5, 0.6) is 0 Å². The lowest BCUT2D eigenvalue weighted by molar-refractivity contribution is 0.496. The first-order valence-corrected chi connectivity index (χ1v) is 8.16. The molecule has 1 aliphatic rings. The standard InChI is InChI=1S/C15H17NO2S/c17-19(18,14-7-9-16-10-8-14)15-6-5-12-3-1-2-4-13(12)11-15/h1-6,11,14,16H,7-10H2. The van der Waals surface area contributed by atoms with Crippen LogP contribution < -0.4 is 5.32 Å². The third-order valence-corrected chi connectivity index (χ3v) is 6.03. The highest BCUT2D eigenvalue weighted by atomic mass is 32.2. The summed E-state index contributed by atoms with van der Waals surface area (Å²) in [5, 5.41) is 5.02. The van der Waals surface area contributed by atoms with Crippen LogP contribution in [-0.2, 0) is 9.84 Å². The van der Waals surface area contributed by atoms with Crippen molar-refractivity contribution < 1.29 is 8.42 Å². The van der Waals surface area contributed by atoms with E-state index in [0.29, 0.717) is 17.7 Å². The van der Waals surface area contributed by atoms with Gasteiger partial charge in [-0.05, 0) is 48.8 Å². The van der Waals surface area contributed by atoms with Crippen molar-refractivity contribution in [1.82, 2.24) is 5.32 Å². The van der Waals surface area contributed by atoms with E-state index in [4.69, 9.17) is 0 Å². The second-order valence-corrected chi connectivity index (χ2v) is 7.23. The summed E-state index contributed by atoms with van der Waals surface area (Å²) in [6.45, 7) is 1.58. The summed E-state index contributed by atoms with van der Waals surface area (Å²) < 4.78 is 25.2. The molecule has 0 amide bonds. The fourth-order valence-electron chi connectivity index (χ4n) is 2.64. The van der Waals surface area contributed by atoms with Gasteiger partial charge in [0, 0.05) is 0 Å². The van der Waals surface area contributed by atoms with Gasteiger partial charge >= 0.3 is 0 Å². The van der Waals surface area contributed by atoms with E-state index in [2.05, 4.69) is 5.32 Å². The van der Waals surface area contributed by atoms with Crippen LogP contribution in [0.4, 0.5) is 0 Å². The summed E-state index contributed by atoms with van der Waals surface area (Å²) >= 11 is 0. The van der Waals surface area contributed by atoms with Crippen LogP contribution in [0.25, 0.3) is 10.8 Å². The smallest absolute Gasteiger partial charge is 0.181 e. The predicted octanol–water partition coefficient (Wildman–Crippen LogP) is 2.37.